The Bertz CT molecular complexity index is 1450. The van der Waals surface area contributed by atoms with Crippen LogP contribution >= 0.6 is 0 Å². The van der Waals surface area contributed by atoms with Gasteiger partial charge in [0.2, 0.25) is 5.91 Å². The fraction of sp³-hybridized carbons (Fsp3) is 0.382. The molecule has 0 bridgehead atoms. The van der Waals surface area contributed by atoms with Gasteiger partial charge in [0.05, 0.1) is 0 Å². The molecule has 0 heterocycles. The van der Waals surface area contributed by atoms with E-state index in [1.807, 2.05) is 56.3 Å². The van der Waals surface area contributed by atoms with E-state index in [-0.39, 0.29) is 23.8 Å². The minimum atomic E-state index is -0.937. The molecule has 0 radical (unpaired) electrons. The second-order valence-electron chi connectivity index (χ2n) is 11.9. The van der Waals surface area contributed by atoms with Gasteiger partial charge in [0.25, 0.3) is 5.91 Å². The zero-order chi connectivity index (χ0) is 29.7. The number of anilines is 1. The van der Waals surface area contributed by atoms with Gasteiger partial charge in [-0.2, -0.15) is 0 Å². The summed E-state index contributed by atoms with van der Waals surface area (Å²) in [5.41, 5.74) is 1.23. The average molecular weight is 554 g/mol. The molecule has 2 unspecified atom stereocenters. The summed E-state index contributed by atoms with van der Waals surface area (Å²) in [4.78, 5) is 42.9. The van der Waals surface area contributed by atoms with Crippen molar-refractivity contribution >= 4 is 34.4 Å². The van der Waals surface area contributed by atoms with Crippen molar-refractivity contribution in [2.75, 3.05) is 5.32 Å². The molecule has 3 aromatic rings. The number of nitrogens with one attached hydrogen (secondary N) is 2. The van der Waals surface area contributed by atoms with Crippen LogP contribution in [0.3, 0.4) is 0 Å². The second-order valence-corrected chi connectivity index (χ2v) is 11.9. The second kappa shape index (κ2) is 12.5. The van der Waals surface area contributed by atoms with Crippen LogP contribution in [0.5, 0.6) is 0 Å². The van der Waals surface area contributed by atoms with Gasteiger partial charge in [0.1, 0.15) is 17.7 Å². The zero-order valence-corrected chi connectivity index (χ0v) is 24.4. The monoisotopic (exact) mass is 553 g/mol. The normalized spacial score (nSPS) is 14.9. The standard InChI is InChI=1S/C34H39N3O4/c1-7-23-15-17-25(18-16-23)30(31(38)35-27-20-19-24-11-8-9-12-26(24)21-27)37(28-13-10-14-28)32(39)29(22(2)3)36-33(40)41-34(4,5)6/h1,8-9,11-12,15-22,28-30H,10,13-14H2,2-6H3,(H,35,38)(H,36,40). The molecule has 1 aliphatic carbocycles. The predicted octanol–water partition coefficient (Wildman–Crippen LogP) is 6.43. The van der Waals surface area contributed by atoms with Crippen LogP contribution in [0.2, 0.25) is 0 Å². The molecule has 0 saturated heterocycles. The number of ether oxygens (including phenoxy) is 1. The summed E-state index contributed by atoms with van der Waals surface area (Å²) in [5.74, 6) is 1.70. The van der Waals surface area contributed by atoms with E-state index in [2.05, 4.69) is 16.6 Å². The van der Waals surface area contributed by atoms with E-state index in [0.717, 1.165) is 30.0 Å². The SMILES string of the molecule is C#Cc1ccc(C(C(=O)Nc2ccc3ccccc3c2)N(C(=O)C(NC(=O)OC(C)(C)C)C(C)C)C2CCC2)cc1. The molecule has 3 aromatic carbocycles. The lowest BCUT2D eigenvalue weighted by Crippen LogP contribution is -2.58. The number of hydrogen-bond donors (Lipinski definition) is 2. The maximum absolute atomic E-state index is 14.3. The first-order valence-electron chi connectivity index (χ1n) is 14.1. The van der Waals surface area contributed by atoms with Crippen molar-refractivity contribution < 1.29 is 19.1 Å². The van der Waals surface area contributed by atoms with Crippen LogP contribution in [0.15, 0.2) is 66.7 Å². The summed E-state index contributed by atoms with van der Waals surface area (Å²) in [5, 5.41) is 7.89. The van der Waals surface area contributed by atoms with Crippen molar-refractivity contribution in [3.05, 3.63) is 77.9 Å². The number of carbonyl (C=O) groups is 3. The number of nitrogens with zero attached hydrogens (tertiary/aromatic N) is 1. The first kappa shape index (κ1) is 29.7. The first-order valence-corrected chi connectivity index (χ1v) is 14.1. The largest absolute Gasteiger partial charge is 0.444 e. The van der Waals surface area contributed by atoms with Crippen LogP contribution in [-0.2, 0) is 14.3 Å². The molecule has 7 heteroatoms. The van der Waals surface area contributed by atoms with Gasteiger partial charge < -0.3 is 20.3 Å². The van der Waals surface area contributed by atoms with Gasteiger partial charge in [0.15, 0.2) is 0 Å². The Morgan fingerprint density at radius 1 is 0.976 bits per heavy atom. The molecule has 0 spiro atoms. The van der Waals surface area contributed by atoms with Gasteiger partial charge in [-0.15, -0.1) is 6.42 Å². The Balaban J connectivity index is 1.72. The number of benzene rings is 3. The third-order valence-electron chi connectivity index (χ3n) is 7.26. The van der Waals surface area contributed by atoms with Gasteiger partial charge in [-0.05, 0) is 86.6 Å². The summed E-state index contributed by atoms with van der Waals surface area (Å²) in [6, 6.07) is 18.8. The lowest BCUT2D eigenvalue weighted by Gasteiger charge is -2.44. The van der Waals surface area contributed by atoms with Crippen LogP contribution < -0.4 is 10.6 Å². The van der Waals surface area contributed by atoms with Crippen molar-refractivity contribution in [2.24, 2.45) is 5.92 Å². The van der Waals surface area contributed by atoms with Gasteiger partial charge in [0, 0.05) is 17.3 Å². The summed E-state index contributed by atoms with van der Waals surface area (Å²) in [7, 11) is 0. The molecule has 0 aromatic heterocycles. The molecule has 1 fully saturated rings. The van der Waals surface area contributed by atoms with Gasteiger partial charge >= 0.3 is 6.09 Å². The number of amides is 3. The number of rotatable bonds is 8. The fourth-order valence-corrected chi connectivity index (χ4v) is 4.97. The minimum Gasteiger partial charge on any atom is -0.444 e. The molecule has 1 saturated carbocycles. The van der Waals surface area contributed by atoms with Crippen LogP contribution in [-0.4, -0.2) is 40.5 Å². The van der Waals surface area contributed by atoms with E-state index in [4.69, 9.17) is 11.2 Å². The zero-order valence-electron chi connectivity index (χ0n) is 24.4. The number of fused-ring (bicyclic) bond motifs is 1. The maximum Gasteiger partial charge on any atom is 0.408 e. The average Bonchev–Trinajstić information content (AvgIpc) is 2.89. The summed E-state index contributed by atoms with van der Waals surface area (Å²) in [6.07, 6.45) is 7.41. The van der Waals surface area contributed by atoms with Crippen molar-refractivity contribution in [1.29, 1.82) is 0 Å². The Kier molecular flexibility index (Phi) is 9.02. The van der Waals surface area contributed by atoms with Gasteiger partial charge in [-0.25, -0.2) is 4.79 Å². The van der Waals surface area contributed by atoms with Crippen LogP contribution in [0.4, 0.5) is 10.5 Å². The molecule has 2 atom stereocenters. The van der Waals surface area contributed by atoms with E-state index in [0.29, 0.717) is 16.8 Å². The van der Waals surface area contributed by atoms with E-state index >= 15 is 0 Å². The Morgan fingerprint density at radius 2 is 1.63 bits per heavy atom. The Morgan fingerprint density at radius 3 is 2.20 bits per heavy atom. The molecule has 0 aliphatic heterocycles. The predicted molar refractivity (Wildman–Crippen MR) is 162 cm³/mol. The molecular weight excluding hydrogens is 514 g/mol. The number of alkyl carbamates (subject to hydrolysis) is 1. The molecule has 41 heavy (non-hydrogen) atoms. The molecule has 3 amide bonds. The molecule has 1 aliphatic rings. The molecular formula is C34H39N3O4. The highest BCUT2D eigenvalue weighted by atomic mass is 16.6. The third-order valence-corrected chi connectivity index (χ3v) is 7.26. The lowest BCUT2D eigenvalue weighted by molar-refractivity contribution is -0.146. The van der Waals surface area contributed by atoms with Crippen LogP contribution in [0.1, 0.15) is 71.0 Å². The van der Waals surface area contributed by atoms with Crippen molar-refractivity contribution in [3.63, 3.8) is 0 Å². The Labute approximate surface area is 242 Å². The van der Waals surface area contributed by atoms with Crippen molar-refractivity contribution in [1.82, 2.24) is 10.2 Å². The van der Waals surface area contributed by atoms with Gasteiger partial charge in [-0.1, -0.05) is 62.2 Å². The van der Waals surface area contributed by atoms with Gasteiger partial charge in [-0.3, -0.25) is 9.59 Å². The third kappa shape index (κ3) is 7.26. The summed E-state index contributed by atoms with van der Waals surface area (Å²) >= 11 is 0. The molecule has 2 N–H and O–H groups in total. The topological polar surface area (TPSA) is 87.7 Å². The fourth-order valence-electron chi connectivity index (χ4n) is 4.97. The number of hydrogen-bond acceptors (Lipinski definition) is 4. The first-order chi connectivity index (χ1) is 19.5. The molecule has 4 rings (SSSR count). The van der Waals surface area contributed by atoms with Crippen molar-refractivity contribution in [3.8, 4) is 12.3 Å². The van der Waals surface area contributed by atoms with E-state index in [1.54, 1.807) is 49.9 Å². The highest BCUT2D eigenvalue weighted by Crippen LogP contribution is 2.35. The number of carbonyl (C=O) groups excluding carboxylic acids is 3. The van der Waals surface area contributed by atoms with Crippen molar-refractivity contribution in [2.45, 2.75) is 77.6 Å². The van der Waals surface area contributed by atoms with E-state index in [9.17, 15) is 14.4 Å². The highest BCUT2D eigenvalue weighted by Gasteiger charge is 2.42. The molecule has 7 nitrogen and oxygen atoms in total. The van der Waals surface area contributed by atoms with Crippen LogP contribution in [0, 0.1) is 18.3 Å². The van der Waals surface area contributed by atoms with Crippen LogP contribution in [0.25, 0.3) is 10.8 Å². The lowest BCUT2D eigenvalue weighted by atomic mass is 9.87. The van der Waals surface area contributed by atoms with E-state index < -0.39 is 23.8 Å². The Hall–Kier alpha value is -4.31. The smallest absolute Gasteiger partial charge is 0.408 e. The summed E-state index contributed by atoms with van der Waals surface area (Å²) in [6.45, 7) is 9.04. The quantitative estimate of drug-likeness (QED) is 0.315. The summed E-state index contributed by atoms with van der Waals surface area (Å²) < 4.78 is 5.46. The molecule has 214 valence electrons. The minimum absolute atomic E-state index is 0.149. The maximum atomic E-state index is 14.3. The van der Waals surface area contributed by atoms with E-state index in [1.165, 1.54) is 0 Å². The number of terminal acetylenes is 1. The highest BCUT2D eigenvalue weighted by molar-refractivity contribution is 6.00.